The maximum Gasteiger partial charge on any atom is 0.142 e. The van der Waals surface area contributed by atoms with Gasteiger partial charge in [0.05, 0.1) is 13.2 Å². The molecule has 0 amide bonds. The highest BCUT2D eigenvalue weighted by Crippen LogP contribution is 2.26. The van der Waals surface area contributed by atoms with Gasteiger partial charge in [0.2, 0.25) is 0 Å². The molecule has 4 nitrogen and oxygen atoms in total. The molecule has 0 fully saturated rings. The molecule has 2 rings (SSSR count). The highest BCUT2D eigenvalue weighted by Gasteiger charge is 2.15. The zero-order valence-electron chi connectivity index (χ0n) is 11.5. The molecule has 19 heavy (non-hydrogen) atoms. The minimum absolute atomic E-state index is 0.285. The van der Waals surface area contributed by atoms with E-state index < -0.39 is 0 Å². The Morgan fingerprint density at radius 3 is 2.42 bits per heavy atom. The van der Waals surface area contributed by atoms with Gasteiger partial charge in [-0.1, -0.05) is 12.1 Å². The molecule has 0 spiro atoms. The van der Waals surface area contributed by atoms with Crippen molar-refractivity contribution in [1.82, 2.24) is 4.98 Å². The number of hydrogen-bond acceptors (Lipinski definition) is 4. The van der Waals surface area contributed by atoms with Crippen LogP contribution >= 0.6 is 0 Å². The number of ether oxygens (including phenoxy) is 1. The van der Waals surface area contributed by atoms with Gasteiger partial charge in [-0.2, -0.15) is 0 Å². The van der Waals surface area contributed by atoms with Crippen LogP contribution in [0.1, 0.15) is 17.3 Å². The zero-order valence-corrected chi connectivity index (χ0v) is 11.5. The summed E-state index contributed by atoms with van der Waals surface area (Å²) in [4.78, 5) is 6.38. The van der Waals surface area contributed by atoms with Gasteiger partial charge in [-0.3, -0.25) is 4.98 Å². The summed E-state index contributed by atoms with van der Waals surface area (Å²) in [5, 5.41) is 0. The fourth-order valence-corrected chi connectivity index (χ4v) is 1.95. The molecule has 0 saturated carbocycles. The number of aromatic nitrogens is 1. The van der Waals surface area contributed by atoms with Gasteiger partial charge in [-0.25, -0.2) is 0 Å². The van der Waals surface area contributed by atoms with Crippen molar-refractivity contribution in [2.75, 3.05) is 26.1 Å². The van der Waals surface area contributed by atoms with Crippen LogP contribution in [0.3, 0.4) is 0 Å². The second-order valence-corrected chi connectivity index (χ2v) is 4.55. The molecule has 1 unspecified atom stereocenters. The van der Waals surface area contributed by atoms with Gasteiger partial charge < -0.3 is 15.4 Å². The van der Waals surface area contributed by atoms with Crippen molar-refractivity contribution < 1.29 is 4.74 Å². The molecule has 1 aromatic carbocycles. The summed E-state index contributed by atoms with van der Waals surface area (Å²) in [5.41, 5.74) is 9.17. The van der Waals surface area contributed by atoms with Gasteiger partial charge in [-0.05, 0) is 29.8 Å². The quantitative estimate of drug-likeness (QED) is 0.912. The summed E-state index contributed by atoms with van der Waals surface area (Å²) in [6.45, 7) is 0. The lowest BCUT2D eigenvalue weighted by atomic mass is 10.0. The van der Waals surface area contributed by atoms with Crippen LogP contribution in [0.5, 0.6) is 5.75 Å². The highest BCUT2D eigenvalue weighted by atomic mass is 16.5. The van der Waals surface area contributed by atoms with Gasteiger partial charge in [0.25, 0.3) is 0 Å². The third-order valence-corrected chi connectivity index (χ3v) is 3.08. The number of benzene rings is 1. The minimum atomic E-state index is -0.285. The molecule has 1 heterocycles. The van der Waals surface area contributed by atoms with Gasteiger partial charge in [0.1, 0.15) is 11.4 Å². The van der Waals surface area contributed by atoms with E-state index in [4.69, 9.17) is 10.5 Å². The number of nitrogens with zero attached hydrogens (tertiary/aromatic N) is 2. The van der Waals surface area contributed by atoms with E-state index in [1.807, 2.05) is 50.5 Å². The third kappa shape index (κ3) is 2.85. The Morgan fingerprint density at radius 1 is 1.16 bits per heavy atom. The van der Waals surface area contributed by atoms with E-state index in [0.717, 1.165) is 16.9 Å². The monoisotopic (exact) mass is 257 g/mol. The molecule has 100 valence electrons. The predicted molar refractivity (Wildman–Crippen MR) is 77.6 cm³/mol. The fraction of sp³-hybridized carbons (Fsp3) is 0.267. The second kappa shape index (κ2) is 5.71. The number of rotatable bonds is 4. The Hall–Kier alpha value is -2.07. The van der Waals surface area contributed by atoms with E-state index in [0.29, 0.717) is 5.75 Å². The van der Waals surface area contributed by atoms with Crippen LogP contribution in [0.2, 0.25) is 0 Å². The van der Waals surface area contributed by atoms with Gasteiger partial charge in [0, 0.05) is 26.0 Å². The van der Waals surface area contributed by atoms with Crippen molar-refractivity contribution >= 4 is 5.69 Å². The predicted octanol–water partition coefficient (Wildman–Crippen LogP) is 2.20. The van der Waals surface area contributed by atoms with Gasteiger partial charge in [0.15, 0.2) is 0 Å². The Bertz CT molecular complexity index is 537. The van der Waals surface area contributed by atoms with Crippen molar-refractivity contribution in [3.8, 4) is 5.75 Å². The van der Waals surface area contributed by atoms with Crippen molar-refractivity contribution in [3.05, 3.63) is 53.9 Å². The van der Waals surface area contributed by atoms with E-state index in [1.165, 1.54) is 0 Å². The Labute approximate surface area is 113 Å². The maximum atomic E-state index is 6.26. The molecule has 0 radical (unpaired) electrons. The molecule has 0 bridgehead atoms. The molecule has 1 aromatic heterocycles. The minimum Gasteiger partial charge on any atom is -0.495 e. The van der Waals surface area contributed by atoms with Gasteiger partial charge >= 0.3 is 0 Å². The first kappa shape index (κ1) is 13.4. The standard InChI is InChI=1S/C15H19N3O/c1-18(2)12-8-6-11(7-9-12)14(16)15-13(19-3)5-4-10-17-15/h4-10,14H,16H2,1-3H3. The lowest BCUT2D eigenvalue weighted by Crippen LogP contribution is -2.15. The topological polar surface area (TPSA) is 51.4 Å². The van der Waals surface area contributed by atoms with Crippen molar-refractivity contribution in [1.29, 1.82) is 0 Å². The largest absolute Gasteiger partial charge is 0.495 e. The summed E-state index contributed by atoms with van der Waals surface area (Å²) in [6, 6.07) is 11.6. The molecule has 2 N–H and O–H groups in total. The molecule has 1 atom stereocenters. The van der Waals surface area contributed by atoms with Crippen molar-refractivity contribution in [3.63, 3.8) is 0 Å². The lowest BCUT2D eigenvalue weighted by Gasteiger charge is -2.17. The summed E-state index contributed by atoms with van der Waals surface area (Å²) in [7, 11) is 5.65. The van der Waals surface area contributed by atoms with E-state index >= 15 is 0 Å². The third-order valence-electron chi connectivity index (χ3n) is 3.08. The maximum absolute atomic E-state index is 6.26. The number of nitrogens with two attached hydrogens (primary N) is 1. The average molecular weight is 257 g/mol. The SMILES string of the molecule is COc1cccnc1C(N)c1ccc(N(C)C)cc1. The van der Waals surface area contributed by atoms with Crippen LogP contribution in [-0.4, -0.2) is 26.2 Å². The first-order chi connectivity index (χ1) is 9.13. The molecular weight excluding hydrogens is 238 g/mol. The van der Waals surface area contributed by atoms with Crippen LogP contribution in [-0.2, 0) is 0 Å². The smallest absolute Gasteiger partial charge is 0.142 e. The molecule has 0 saturated heterocycles. The Kier molecular flexibility index (Phi) is 4.02. The van der Waals surface area contributed by atoms with Gasteiger partial charge in [-0.15, -0.1) is 0 Å². The van der Waals surface area contributed by atoms with E-state index in [-0.39, 0.29) is 6.04 Å². The molecule has 0 aliphatic heterocycles. The number of anilines is 1. The molecule has 0 aliphatic carbocycles. The Balaban J connectivity index is 2.30. The first-order valence-corrected chi connectivity index (χ1v) is 6.15. The number of methoxy groups -OCH3 is 1. The zero-order chi connectivity index (χ0) is 13.8. The number of pyridine rings is 1. The van der Waals surface area contributed by atoms with Crippen LogP contribution in [0.4, 0.5) is 5.69 Å². The summed E-state index contributed by atoms with van der Waals surface area (Å²) >= 11 is 0. The van der Waals surface area contributed by atoms with Crippen molar-refractivity contribution in [2.24, 2.45) is 5.73 Å². The first-order valence-electron chi connectivity index (χ1n) is 6.15. The van der Waals surface area contributed by atoms with Crippen LogP contribution in [0, 0.1) is 0 Å². The van der Waals surface area contributed by atoms with Crippen molar-refractivity contribution in [2.45, 2.75) is 6.04 Å². The lowest BCUT2D eigenvalue weighted by molar-refractivity contribution is 0.404. The second-order valence-electron chi connectivity index (χ2n) is 4.55. The highest BCUT2D eigenvalue weighted by molar-refractivity contribution is 5.48. The normalized spacial score (nSPS) is 12.0. The molecule has 0 aliphatic rings. The van der Waals surface area contributed by atoms with E-state index in [2.05, 4.69) is 9.88 Å². The fourth-order valence-electron chi connectivity index (χ4n) is 1.95. The summed E-state index contributed by atoms with van der Waals surface area (Å²) in [6.07, 6.45) is 1.73. The Morgan fingerprint density at radius 2 is 1.84 bits per heavy atom. The summed E-state index contributed by atoms with van der Waals surface area (Å²) < 4.78 is 5.30. The van der Waals surface area contributed by atoms with Crippen LogP contribution in [0.25, 0.3) is 0 Å². The molecular formula is C15H19N3O. The summed E-state index contributed by atoms with van der Waals surface area (Å²) in [5.74, 6) is 0.715. The van der Waals surface area contributed by atoms with E-state index in [9.17, 15) is 0 Å². The van der Waals surface area contributed by atoms with Crippen LogP contribution in [0.15, 0.2) is 42.6 Å². The van der Waals surface area contributed by atoms with Crippen LogP contribution < -0.4 is 15.4 Å². The molecule has 2 aromatic rings. The van der Waals surface area contributed by atoms with E-state index in [1.54, 1.807) is 13.3 Å². The average Bonchev–Trinajstić information content (AvgIpc) is 2.46. The molecule has 4 heteroatoms. The number of hydrogen-bond donors (Lipinski definition) is 1.